The molecule has 0 amide bonds. The van der Waals surface area contributed by atoms with Crippen LogP contribution in [-0.2, 0) is 4.79 Å². The first-order chi connectivity index (χ1) is 17.4. The van der Waals surface area contributed by atoms with Crippen LogP contribution in [-0.4, -0.2) is 58.6 Å². The third-order valence-electron chi connectivity index (χ3n) is 7.19. The van der Waals surface area contributed by atoms with Crippen molar-refractivity contribution in [2.75, 3.05) is 32.5 Å². The minimum Gasteiger partial charge on any atom is -0.497 e. The number of methoxy groups -OCH3 is 1. The second-order valence-electron chi connectivity index (χ2n) is 9.69. The SMILES string of the molecule is COc1ccc2nccc([C@H](O)CC[C@@H]3CCN(CCCSc4cccc(C)c4)C[C@@H]3C(=O)O)c2c1. The van der Waals surface area contributed by atoms with Gasteiger partial charge in [0.15, 0.2) is 0 Å². The van der Waals surface area contributed by atoms with Crippen LogP contribution in [0.3, 0.4) is 0 Å². The maximum atomic E-state index is 12.1. The number of benzene rings is 2. The lowest BCUT2D eigenvalue weighted by atomic mass is 9.81. The normalized spacial score (nSPS) is 19.3. The molecule has 0 bridgehead atoms. The summed E-state index contributed by atoms with van der Waals surface area (Å²) in [6.45, 7) is 4.52. The van der Waals surface area contributed by atoms with Crippen LogP contribution in [0.1, 0.15) is 42.9 Å². The average molecular weight is 509 g/mol. The smallest absolute Gasteiger partial charge is 0.308 e. The minimum atomic E-state index is -0.729. The molecule has 0 aliphatic carbocycles. The second-order valence-corrected chi connectivity index (χ2v) is 10.9. The minimum absolute atomic E-state index is 0.0673. The zero-order valence-corrected chi connectivity index (χ0v) is 21.9. The first-order valence-corrected chi connectivity index (χ1v) is 13.7. The molecule has 0 radical (unpaired) electrons. The third kappa shape index (κ3) is 6.78. The molecule has 3 atom stereocenters. The lowest BCUT2D eigenvalue weighted by molar-refractivity contribution is -0.146. The fourth-order valence-electron chi connectivity index (χ4n) is 5.17. The highest BCUT2D eigenvalue weighted by Gasteiger charge is 2.34. The van der Waals surface area contributed by atoms with Gasteiger partial charge in [-0.15, -0.1) is 11.8 Å². The van der Waals surface area contributed by atoms with E-state index < -0.39 is 18.0 Å². The van der Waals surface area contributed by atoms with Crippen molar-refractivity contribution in [2.45, 2.75) is 43.6 Å². The first-order valence-electron chi connectivity index (χ1n) is 12.7. The summed E-state index contributed by atoms with van der Waals surface area (Å²) >= 11 is 1.86. The number of carboxylic acids is 1. The summed E-state index contributed by atoms with van der Waals surface area (Å²) < 4.78 is 5.34. The molecule has 6 nitrogen and oxygen atoms in total. The molecule has 1 saturated heterocycles. The van der Waals surface area contributed by atoms with E-state index in [9.17, 15) is 15.0 Å². The van der Waals surface area contributed by atoms with Gasteiger partial charge in [-0.1, -0.05) is 17.7 Å². The summed E-state index contributed by atoms with van der Waals surface area (Å²) in [6, 6.07) is 16.0. The number of thioether (sulfide) groups is 1. The number of aliphatic carboxylic acids is 1. The van der Waals surface area contributed by atoms with Crippen LogP contribution < -0.4 is 4.74 Å². The van der Waals surface area contributed by atoms with Crippen molar-refractivity contribution in [3.8, 4) is 5.75 Å². The Morgan fingerprint density at radius 2 is 2.11 bits per heavy atom. The Kier molecular flexibility index (Phi) is 9.24. The summed E-state index contributed by atoms with van der Waals surface area (Å²) in [5, 5.41) is 21.8. The van der Waals surface area contributed by atoms with Crippen LogP contribution in [0.4, 0.5) is 0 Å². The number of pyridine rings is 1. The molecule has 1 fully saturated rings. The molecule has 1 aromatic heterocycles. The highest BCUT2D eigenvalue weighted by atomic mass is 32.2. The van der Waals surface area contributed by atoms with E-state index >= 15 is 0 Å². The molecule has 3 aromatic rings. The van der Waals surface area contributed by atoms with Crippen molar-refractivity contribution in [2.24, 2.45) is 11.8 Å². The van der Waals surface area contributed by atoms with E-state index in [1.807, 2.05) is 36.0 Å². The van der Waals surface area contributed by atoms with Crippen molar-refractivity contribution in [1.82, 2.24) is 9.88 Å². The average Bonchev–Trinajstić information content (AvgIpc) is 2.89. The number of rotatable bonds is 11. The molecule has 2 N–H and O–H groups in total. The van der Waals surface area contributed by atoms with E-state index in [4.69, 9.17) is 4.74 Å². The molecule has 1 aliphatic rings. The number of hydrogen-bond acceptors (Lipinski definition) is 6. The van der Waals surface area contributed by atoms with Crippen molar-refractivity contribution in [1.29, 1.82) is 0 Å². The van der Waals surface area contributed by atoms with E-state index in [2.05, 4.69) is 41.1 Å². The fourth-order valence-corrected chi connectivity index (χ4v) is 6.12. The number of aliphatic hydroxyl groups is 1. The monoisotopic (exact) mass is 508 g/mol. The van der Waals surface area contributed by atoms with Crippen molar-refractivity contribution in [3.05, 3.63) is 65.9 Å². The molecule has 0 spiro atoms. The number of aromatic nitrogens is 1. The van der Waals surface area contributed by atoms with Crippen molar-refractivity contribution >= 4 is 28.6 Å². The Balaban J connectivity index is 1.29. The van der Waals surface area contributed by atoms with Crippen LogP contribution in [0.25, 0.3) is 10.9 Å². The summed E-state index contributed by atoms with van der Waals surface area (Å²) in [6.07, 6.45) is 4.13. The van der Waals surface area contributed by atoms with Gasteiger partial charge in [-0.2, -0.15) is 0 Å². The molecule has 1 aliphatic heterocycles. The predicted molar refractivity (Wildman–Crippen MR) is 145 cm³/mol. The van der Waals surface area contributed by atoms with Gasteiger partial charge in [-0.05, 0) is 99.3 Å². The highest BCUT2D eigenvalue weighted by molar-refractivity contribution is 7.99. The maximum Gasteiger partial charge on any atom is 0.308 e. The van der Waals surface area contributed by atoms with E-state index in [-0.39, 0.29) is 5.92 Å². The van der Waals surface area contributed by atoms with Crippen molar-refractivity contribution in [3.63, 3.8) is 0 Å². The van der Waals surface area contributed by atoms with Gasteiger partial charge in [0, 0.05) is 23.0 Å². The van der Waals surface area contributed by atoms with Gasteiger partial charge < -0.3 is 19.8 Å². The summed E-state index contributed by atoms with van der Waals surface area (Å²) in [5.74, 6) is 0.687. The number of fused-ring (bicyclic) bond motifs is 1. The number of aliphatic hydroxyl groups excluding tert-OH is 1. The van der Waals surface area contributed by atoms with E-state index in [1.54, 1.807) is 13.3 Å². The summed E-state index contributed by atoms with van der Waals surface area (Å²) in [4.78, 5) is 20.1. The number of aryl methyl sites for hydroxylation is 1. The van der Waals surface area contributed by atoms with E-state index in [1.165, 1.54) is 10.5 Å². The fraction of sp³-hybridized carbons (Fsp3) is 0.448. The summed E-state index contributed by atoms with van der Waals surface area (Å²) in [7, 11) is 1.62. The number of ether oxygens (including phenoxy) is 1. The highest BCUT2D eigenvalue weighted by Crippen LogP contribution is 2.34. The lowest BCUT2D eigenvalue weighted by Gasteiger charge is -2.37. The quantitative estimate of drug-likeness (QED) is 0.259. The number of carboxylic acid groups (broad SMARTS) is 1. The standard InChI is InChI=1S/C29H36N2O4S/c1-20-5-3-6-23(17-20)36-16-4-14-31-15-12-21(26(19-31)29(33)34)7-10-28(32)24-11-13-30-27-9-8-22(35-2)18-25(24)27/h3,5-6,8-9,11,13,17-18,21,26,28,32H,4,7,10,12,14-16,19H2,1-2H3,(H,33,34)/t21-,26+,28-/m1/s1. The van der Waals surface area contributed by atoms with Gasteiger partial charge in [0.05, 0.1) is 24.6 Å². The number of hydrogen-bond donors (Lipinski definition) is 2. The summed E-state index contributed by atoms with van der Waals surface area (Å²) in [5.41, 5.74) is 2.90. The third-order valence-corrected chi connectivity index (χ3v) is 8.27. The van der Waals surface area contributed by atoms with E-state index in [0.29, 0.717) is 19.4 Å². The molecule has 2 heterocycles. The van der Waals surface area contributed by atoms with Gasteiger partial charge in [-0.25, -0.2) is 0 Å². The van der Waals surface area contributed by atoms with Gasteiger partial charge in [0.25, 0.3) is 0 Å². The van der Waals surface area contributed by atoms with Crippen LogP contribution in [0, 0.1) is 18.8 Å². The molecular formula is C29H36N2O4S. The Morgan fingerprint density at radius 3 is 2.89 bits per heavy atom. The number of carbonyl (C=O) groups is 1. The number of piperidine rings is 1. The largest absolute Gasteiger partial charge is 0.497 e. The van der Waals surface area contributed by atoms with Crippen molar-refractivity contribution < 1.29 is 19.7 Å². The first kappa shape index (κ1) is 26.5. The van der Waals surface area contributed by atoms with Crippen LogP contribution in [0.15, 0.2) is 59.6 Å². The molecule has 2 aromatic carbocycles. The Bertz CT molecular complexity index is 1170. The number of nitrogens with zero attached hydrogens (tertiary/aromatic N) is 2. The van der Waals surface area contributed by atoms with Gasteiger partial charge in [0.1, 0.15) is 5.75 Å². The predicted octanol–water partition coefficient (Wildman–Crippen LogP) is 5.57. The molecule has 192 valence electrons. The van der Waals surface area contributed by atoms with Crippen LogP contribution in [0.5, 0.6) is 5.75 Å². The van der Waals surface area contributed by atoms with Crippen LogP contribution >= 0.6 is 11.8 Å². The molecule has 0 saturated carbocycles. The molecular weight excluding hydrogens is 472 g/mol. The topological polar surface area (TPSA) is 82.9 Å². The molecule has 36 heavy (non-hydrogen) atoms. The van der Waals surface area contributed by atoms with E-state index in [0.717, 1.165) is 53.9 Å². The molecule has 4 rings (SSSR count). The maximum absolute atomic E-state index is 12.1. The Morgan fingerprint density at radius 1 is 1.25 bits per heavy atom. The number of likely N-dealkylation sites (tertiary alicyclic amines) is 1. The van der Waals surface area contributed by atoms with Gasteiger partial charge in [-0.3, -0.25) is 9.78 Å². The zero-order chi connectivity index (χ0) is 25.5. The molecule has 0 unspecified atom stereocenters. The van der Waals surface area contributed by atoms with Gasteiger partial charge in [0.2, 0.25) is 0 Å². The van der Waals surface area contributed by atoms with Gasteiger partial charge >= 0.3 is 5.97 Å². The Hall–Kier alpha value is -2.61. The molecule has 7 heteroatoms. The Labute approximate surface area is 217 Å². The zero-order valence-electron chi connectivity index (χ0n) is 21.1. The lowest BCUT2D eigenvalue weighted by Crippen LogP contribution is -2.44. The second kappa shape index (κ2) is 12.6. The van der Waals surface area contributed by atoms with Crippen LogP contribution in [0.2, 0.25) is 0 Å².